The van der Waals surface area contributed by atoms with Gasteiger partial charge in [0.2, 0.25) is 0 Å². The molecule has 1 aromatic rings. The summed E-state index contributed by atoms with van der Waals surface area (Å²) in [4.78, 5) is 10.2. The van der Waals surface area contributed by atoms with Crippen molar-refractivity contribution in [2.24, 2.45) is 0 Å². The Morgan fingerprint density at radius 2 is 2.42 bits per heavy atom. The Hall–Kier alpha value is -1.47. The Morgan fingerprint density at radius 3 is 3.00 bits per heavy atom. The van der Waals surface area contributed by atoms with Crippen molar-refractivity contribution in [1.82, 2.24) is 9.78 Å². The molecule has 1 unspecified atom stereocenters. The quantitative estimate of drug-likeness (QED) is 0.601. The van der Waals surface area contributed by atoms with Crippen LogP contribution in [0.25, 0.3) is 0 Å². The van der Waals surface area contributed by atoms with Gasteiger partial charge in [-0.15, -0.1) is 0 Å². The average Bonchev–Trinajstić information content (AvgIpc) is 2.97. The first-order chi connectivity index (χ1) is 9.17. The largest absolute Gasteiger partial charge is 0.353 e. The molecule has 0 aromatic carbocycles. The standard InChI is InChI=1S/C12H17N3O4/c16-15(17)10-7-13-14(8-10)9-12(4-5-12)19-11-3-1-2-6-18-11/h7-8,11H,1-6,9H2. The van der Waals surface area contributed by atoms with Crippen LogP contribution in [0.15, 0.2) is 12.4 Å². The van der Waals surface area contributed by atoms with Crippen LogP contribution in [0.3, 0.4) is 0 Å². The maximum absolute atomic E-state index is 10.6. The second-order valence-electron chi connectivity index (χ2n) is 5.25. The van der Waals surface area contributed by atoms with E-state index in [-0.39, 0.29) is 17.6 Å². The predicted molar refractivity (Wildman–Crippen MR) is 65.5 cm³/mol. The molecule has 1 aromatic heterocycles. The molecule has 0 radical (unpaired) electrons. The van der Waals surface area contributed by atoms with Crippen molar-refractivity contribution in [2.75, 3.05) is 6.61 Å². The van der Waals surface area contributed by atoms with Gasteiger partial charge in [0.25, 0.3) is 0 Å². The van der Waals surface area contributed by atoms with Crippen molar-refractivity contribution in [3.05, 3.63) is 22.5 Å². The fourth-order valence-corrected chi connectivity index (χ4v) is 2.36. The molecule has 7 nitrogen and oxygen atoms in total. The zero-order valence-corrected chi connectivity index (χ0v) is 10.7. The SMILES string of the molecule is O=[N+]([O-])c1cnn(CC2(OC3CCCCO3)CC2)c1. The number of hydrogen-bond donors (Lipinski definition) is 0. The van der Waals surface area contributed by atoms with Gasteiger partial charge in [-0.25, -0.2) is 0 Å². The zero-order valence-electron chi connectivity index (χ0n) is 10.7. The molecule has 104 valence electrons. The lowest BCUT2D eigenvalue weighted by atomic mass is 10.2. The molecule has 2 fully saturated rings. The number of ether oxygens (including phenoxy) is 2. The van der Waals surface area contributed by atoms with Crippen LogP contribution >= 0.6 is 0 Å². The van der Waals surface area contributed by atoms with E-state index < -0.39 is 4.92 Å². The molecule has 2 aliphatic rings. The van der Waals surface area contributed by atoms with Crippen LogP contribution in [-0.2, 0) is 16.0 Å². The summed E-state index contributed by atoms with van der Waals surface area (Å²) in [5.41, 5.74) is -0.216. The van der Waals surface area contributed by atoms with E-state index in [9.17, 15) is 10.1 Å². The lowest BCUT2D eigenvalue weighted by Gasteiger charge is -2.27. The third kappa shape index (κ3) is 2.93. The van der Waals surface area contributed by atoms with Gasteiger partial charge >= 0.3 is 5.69 Å². The summed E-state index contributed by atoms with van der Waals surface area (Å²) in [7, 11) is 0. The lowest BCUT2D eigenvalue weighted by Crippen LogP contribution is -2.32. The van der Waals surface area contributed by atoms with Gasteiger partial charge in [0.05, 0.1) is 17.1 Å². The van der Waals surface area contributed by atoms with E-state index >= 15 is 0 Å². The second-order valence-corrected chi connectivity index (χ2v) is 5.25. The molecular weight excluding hydrogens is 250 g/mol. The number of nitrogens with zero attached hydrogens (tertiary/aromatic N) is 3. The monoisotopic (exact) mass is 267 g/mol. The molecule has 0 amide bonds. The van der Waals surface area contributed by atoms with E-state index in [4.69, 9.17) is 9.47 Å². The molecule has 0 spiro atoms. The van der Waals surface area contributed by atoms with Gasteiger partial charge in [-0.3, -0.25) is 14.8 Å². The first kappa shape index (κ1) is 12.6. The van der Waals surface area contributed by atoms with E-state index in [1.165, 1.54) is 12.4 Å². The van der Waals surface area contributed by atoms with E-state index in [1.807, 2.05) is 0 Å². The van der Waals surface area contributed by atoms with Crippen molar-refractivity contribution in [3.8, 4) is 0 Å². The summed E-state index contributed by atoms with van der Waals surface area (Å²) < 4.78 is 13.2. The highest BCUT2D eigenvalue weighted by Crippen LogP contribution is 2.43. The van der Waals surface area contributed by atoms with Gasteiger partial charge in [-0.2, -0.15) is 5.10 Å². The van der Waals surface area contributed by atoms with Crippen molar-refractivity contribution in [1.29, 1.82) is 0 Å². The van der Waals surface area contributed by atoms with E-state index in [1.54, 1.807) is 4.68 Å². The number of rotatable bonds is 5. The van der Waals surface area contributed by atoms with Crippen LogP contribution in [0.5, 0.6) is 0 Å². The first-order valence-electron chi connectivity index (χ1n) is 6.63. The maximum Gasteiger partial charge on any atom is 0.306 e. The Morgan fingerprint density at radius 1 is 1.58 bits per heavy atom. The van der Waals surface area contributed by atoms with Crippen LogP contribution in [0.2, 0.25) is 0 Å². The molecule has 0 N–H and O–H groups in total. The van der Waals surface area contributed by atoms with Gasteiger partial charge in [0, 0.05) is 6.61 Å². The third-order valence-corrected chi connectivity index (χ3v) is 3.61. The van der Waals surface area contributed by atoms with E-state index in [0.717, 1.165) is 38.7 Å². The molecule has 1 saturated carbocycles. The summed E-state index contributed by atoms with van der Waals surface area (Å²) in [6.07, 6.45) is 7.67. The minimum absolute atomic E-state index is 0.0183. The van der Waals surface area contributed by atoms with Crippen LogP contribution in [0.1, 0.15) is 32.1 Å². The molecule has 1 aliphatic carbocycles. The number of hydrogen-bond acceptors (Lipinski definition) is 5. The minimum atomic E-state index is -0.436. The molecule has 1 atom stereocenters. The Kier molecular flexibility index (Phi) is 3.24. The zero-order chi connectivity index (χ0) is 13.3. The van der Waals surface area contributed by atoms with Crippen molar-refractivity contribution >= 4 is 5.69 Å². The van der Waals surface area contributed by atoms with Crippen molar-refractivity contribution in [2.45, 2.75) is 50.5 Å². The van der Waals surface area contributed by atoms with Gasteiger partial charge in [0.15, 0.2) is 6.29 Å². The van der Waals surface area contributed by atoms with Crippen LogP contribution in [0, 0.1) is 10.1 Å². The molecule has 7 heteroatoms. The molecule has 1 saturated heterocycles. The minimum Gasteiger partial charge on any atom is -0.353 e. The highest BCUT2D eigenvalue weighted by atomic mass is 16.7. The molecule has 2 heterocycles. The molecule has 19 heavy (non-hydrogen) atoms. The normalized spacial score (nSPS) is 25.2. The lowest BCUT2D eigenvalue weighted by molar-refractivity contribution is -0.385. The molecular formula is C12H17N3O4. The Bertz CT molecular complexity index is 463. The smallest absolute Gasteiger partial charge is 0.306 e. The second kappa shape index (κ2) is 4.90. The van der Waals surface area contributed by atoms with Crippen LogP contribution in [-0.4, -0.2) is 33.2 Å². The highest BCUT2D eigenvalue weighted by Gasteiger charge is 2.47. The van der Waals surface area contributed by atoms with Crippen LogP contribution < -0.4 is 0 Å². The third-order valence-electron chi connectivity index (χ3n) is 3.61. The van der Waals surface area contributed by atoms with Gasteiger partial charge in [-0.1, -0.05) is 0 Å². The van der Waals surface area contributed by atoms with E-state index in [2.05, 4.69) is 5.10 Å². The van der Waals surface area contributed by atoms with Crippen LogP contribution in [0.4, 0.5) is 5.69 Å². The fourth-order valence-electron chi connectivity index (χ4n) is 2.36. The average molecular weight is 267 g/mol. The van der Waals surface area contributed by atoms with E-state index in [0.29, 0.717) is 6.54 Å². The molecule has 3 rings (SSSR count). The van der Waals surface area contributed by atoms with Gasteiger partial charge in [0.1, 0.15) is 12.4 Å². The predicted octanol–water partition coefficient (Wildman–Crippen LogP) is 1.87. The topological polar surface area (TPSA) is 79.4 Å². The Labute approximate surface area is 110 Å². The van der Waals surface area contributed by atoms with Crippen molar-refractivity contribution in [3.63, 3.8) is 0 Å². The summed E-state index contributed by atoms with van der Waals surface area (Å²) in [5.74, 6) is 0. The number of nitro groups is 1. The van der Waals surface area contributed by atoms with Crippen molar-refractivity contribution < 1.29 is 14.4 Å². The molecule has 0 bridgehead atoms. The maximum atomic E-state index is 10.6. The molecule has 1 aliphatic heterocycles. The van der Waals surface area contributed by atoms with Gasteiger partial charge in [-0.05, 0) is 32.1 Å². The fraction of sp³-hybridized carbons (Fsp3) is 0.750. The summed E-state index contributed by atoms with van der Waals surface area (Å²) in [6.45, 7) is 1.31. The Balaban J connectivity index is 1.59. The summed E-state index contributed by atoms with van der Waals surface area (Å²) in [5, 5.41) is 14.6. The number of aromatic nitrogens is 2. The first-order valence-corrected chi connectivity index (χ1v) is 6.63. The summed E-state index contributed by atoms with van der Waals surface area (Å²) >= 11 is 0. The highest BCUT2D eigenvalue weighted by molar-refractivity contribution is 5.21. The van der Waals surface area contributed by atoms with Gasteiger partial charge < -0.3 is 9.47 Å². The summed E-state index contributed by atoms with van der Waals surface area (Å²) in [6, 6.07) is 0.